The van der Waals surface area contributed by atoms with E-state index >= 15 is 0 Å². The molecule has 0 saturated carbocycles. The number of thiophene rings is 1. The molecule has 7 N–H and O–H groups in total. The zero-order valence-electron chi connectivity index (χ0n) is 24.3. The van der Waals surface area contributed by atoms with Gasteiger partial charge in [-0.3, -0.25) is 9.36 Å². The zero-order valence-corrected chi connectivity index (χ0v) is 26.0. The second kappa shape index (κ2) is 12.8. The number of hydrogen-bond donors (Lipinski definition) is 7. The molecule has 0 amide bonds. The Balaban J connectivity index is 1.22. The van der Waals surface area contributed by atoms with Gasteiger partial charge in [-0.05, 0) is 47.7 Å². The van der Waals surface area contributed by atoms with Crippen LogP contribution in [0.2, 0.25) is 0 Å². The van der Waals surface area contributed by atoms with E-state index in [1.807, 2.05) is 42.5 Å². The summed E-state index contributed by atoms with van der Waals surface area (Å²) in [4.78, 5) is 20.8. The van der Waals surface area contributed by atoms with Crippen LogP contribution >= 0.6 is 23.1 Å². The fourth-order valence-corrected chi connectivity index (χ4v) is 8.86. The average Bonchev–Trinajstić information content (AvgIpc) is 3.65. The number of rotatable bonds is 7. The van der Waals surface area contributed by atoms with E-state index in [9.17, 15) is 40.5 Å². The molecule has 0 radical (unpaired) electrons. The molecule has 2 aliphatic heterocycles. The van der Waals surface area contributed by atoms with Crippen molar-refractivity contribution in [3.05, 3.63) is 63.3 Å². The van der Waals surface area contributed by atoms with Crippen LogP contribution in [0.15, 0.2) is 52.4 Å². The van der Waals surface area contributed by atoms with Crippen molar-refractivity contribution >= 4 is 44.1 Å². The fourth-order valence-electron chi connectivity index (χ4n) is 6.40. The van der Waals surface area contributed by atoms with Gasteiger partial charge in [-0.1, -0.05) is 42.1 Å². The lowest BCUT2D eigenvalue weighted by Gasteiger charge is -2.45. The third-order valence-corrected chi connectivity index (χ3v) is 11.2. The maximum absolute atomic E-state index is 14.2. The lowest BCUT2D eigenvalue weighted by Crippen LogP contribution is -2.64. The van der Waals surface area contributed by atoms with Crippen LogP contribution in [0.3, 0.4) is 0 Å². The monoisotopic (exact) mass is 674 g/mol. The number of aryl methyl sites for hydroxylation is 2. The Hall–Kier alpha value is -2.51. The molecule has 4 aromatic rings. The third-order valence-electron chi connectivity index (χ3n) is 8.88. The maximum Gasteiger partial charge on any atom is 0.267 e. The normalized spacial score (nSPS) is 33.1. The van der Waals surface area contributed by atoms with Crippen LogP contribution in [0, 0.1) is 0 Å². The Kier molecular flexibility index (Phi) is 8.94. The van der Waals surface area contributed by atoms with Crippen LogP contribution in [0.25, 0.3) is 26.7 Å². The molecule has 1 aliphatic carbocycles. The number of aromatic nitrogens is 2. The summed E-state index contributed by atoms with van der Waals surface area (Å²) in [5.41, 5.74) is 0.105. The predicted octanol–water partition coefficient (Wildman–Crippen LogP) is -0.195. The highest BCUT2D eigenvalue weighted by Crippen LogP contribution is 2.39. The van der Waals surface area contributed by atoms with Crippen LogP contribution in [-0.4, -0.2) is 119 Å². The van der Waals surface area contributed by atoms with E-state index in [1.54, 1.807) is 0 Å². The van der Waals surface area contributed by atoms with E-state index in [0.717, 1.165) is 52.2 Å². The quantitative estimate of drug-likeness (QED) is 0.127. The summed E-state index contributed by atoms with van der Waals surface area (Å²) in [5, 5.41) is 75.5. The molecule has 3 aliphatic rings. The summed E-state index contributed by atoms with van der Waals surface area (Å²) in [6, 6.07) is 13.4. The molecule has 13 nitrogen and oxygen atoms in total. The van der Waals surface area contributed by atoms with Crippen molar-refractivity contribution < 1.29 is 50.0 Å². The molecule has 0 spiro atoms. The summed E-state index contributed by atoms with van der Waals surface area (Å²) >= 11 is 2.39. The number of fused-ring (bicyclic) bond motifs is 4. The number of hydrogen-bond acceptors (Lipinski definition) is 14. The highest BCUT2D eigenvalue weighted by molar-refractivity contribution is 7.99. The van der Waals surface area contributed by atoms with Gasteiger partial charge in [0, 0.05) is 4.88 Å². The number of thioether (sulfide) groups is 1. The highest BCUT2D eigenvalue weighted by Gasteiger charge is 2.51. The Labute approximate surface area is 270 Å². The molecule has 15 heteroatoms. The minimum atomic E-state index is -1.77. The third kappa shape index (κ3) is 5.47. The Morgan fingerprint density at radius 3 is 2.41 bits per heavy atom. The number of benzene rings is 2. The summed E-state index contributed by atoms with van der Waals surface area (Å²) in [5.74, 6) is 0. The van der Waals surface area contributed by atoms with Gasteiger partial charge in [0.15, 0.2) is 11.4 Å². The molecule has 4 heterocycles. The maximum atomic E-state index is 14.2. The zero-order chi connectivity index (χ0) is 32.3. The molecular weight excluding hydrogens is 640 g/mol. The molecule has 7 rings (SSSR count). The number of aliphatic hydroxyl groups excluding tert-OH is 7. The topological polar surface area (TPSA) is 204 Å². The molecule has 2 aromatic heterocycles. The van der Waals surface area contributed by atoms with E-state index in [4.69, 9.17) is 19.2 Å². The van der Waals surface area contributed by atoms with Crippen LogP contribution in [0.5, 0.6) is 0 Å². The van der Waals surface area contributed by atoms with Crippen molar-refractivity contribution in [3.8, 4) is 5.69 Å². The van der Waals surface area contributed by atoms with Crippen molar-refractivity contribution in [2.24, 2.45) is 0 Å². The molecule has 0 unspecified atom stereocenters. The first-order chi connectivity index (χ1) is 22.2. The number of nitrogens with zero attached hydrogens (tertiary/aromatic N) is 2. The predicted molar refractivity (Wildman–Crippen MR) is 167 cm³/mol. The lowest BCUT2D eigenvalue weighted by atomic mass is 9.97. The van der Waals surface area contributed by atoms with Gasteiger partial charge < -0.3 is 50.0 Å². The van der Waals surface area contributed by atoms with Gasteiger partial charge in [-0.25, -0.2) is 4.98 Å². The molecule has 46 heavy (non-hydrogen) atoms. The van der Waals surface area contributed by atoms with E-state index in [2.05, 4.69) is 0 Å². The van der Waals surface area contributed by atoms with Gasteiger partial charge in [0.1, 0.15) is 59.1 Å². The first kappa shape index (κ1) is 32.1. The minimum absolute atomic E-state index is 0.217. The SMILES string of the molecule is O=c1c2c3c(sc2nc(S[C@@H]2O[C@@H](CO)[C@H](O[C@H]4O[C@@H](CO)[C@@H](O)[C@@H](O)[C@@H]4O)[C@@H](O)[C@@H]2O)n1-c1ccc2ccccc2c1)CCC3. The van der Waals surface area contributed by atoms with Gasteiger partial charge in [-0.2, -0.15) is 0 Å². The summed E-state index contributed by atoms with van der Waals surface area (Å²) in [7, 11) is 0. The summed E-state index contributed by atoms with van der Waals surface area (Å²) in [6.45, 7) is -1.37. The Bertz CT molecular complexity index is 1800. The molecule has 2 fully saturated rings. The standard InChI is InChI=1S/C31H34N2O11S2/c34-11-17-21(36)22(37)24(39)29(42-17)44-26-18(12-35)43-30(25(40)23(26)38)46-31-32-27-20(16-6-3-7-19(16)45-27)28(41)33(31)15-9-8-13-4-1-2-5-14(13)10-15/h1-2,4-5,8-10,17-18,21-26,29-30,34-40H,3,6-7,11-12H2/t17-,18-,21+,22+,23-,24-,25-,26-,29+,30-/m0/s1. The van der Waals surface area contributed by atoms with Crippen LogP contribution in [-0.2, 0) is 27.1 Å². The Morgan fingerprint density at radius 1 is 0.891 bits per heavy atom. The van der Waals surface area contributed by atoms with Crippen LogP contribution in [0.1, 0.15) is 16.9 Å². The van der Waals surface area contributed by atoms with Crippen molar-refractivity contribution in [3.63, 3.8) is 0 Å². The van der Waals surface area contributed by atoms with E-state index in [-0.39, 0.29) is 10.7 Å². The van der Waals surface area contributed by atoms with Crippen molar-refractivity contribution in [2.45, 2.75) is 85.0 Å². The van der Waals surface area contributed by atoms with Crippen molar-refractivity contribution in [2.75, 3.05) is 13.2 Å². The highest BCUT2D eigenvalue weighted by atomic mass is 32.2. The second-order valence-electron chi connectivity index (χ2n) is 11.7. The molecule has 0 bridgehead atoms. The summed E-state index contributed by atoms with van der Waals surface area (Å²) < 4.78 is 18.6. The smallest absolute Gasteiger partial charge is 0.267 e. The van der Waals surface area contributed by atoms with Gasteiger partial charge in [0.05, 0.1) is 24.3 Å². The number of aliphatic hydroxyl groups is 7. The largest absolute Gasteiger partial charge is 0.394 e. The van der Waals surface area contributed by atoms with Crippen molar-refractivity contribution in [1.82, 2.24) is 9.55 Å². The van der Waals surface area contributed by atoms with Gasteiger partial charge >= 0.3 is 0 Å². The first-order valence-corrected chi connectivity index (χ1v) is 16.7. The van der Waals surface area contributed by atoms with Crippen LogP contribution < -0.4 is 5.56 Å². The molecular formula is C31H34N2O11S2. The van der Waals surface area contributed by atoms with Crippen LogP contribution in [0.4, 0.5) is 0 Å². The number of ether oxygens (including phenoxy) is 3. The van der Waals surface area contributed by atoms with Gasteiger partial charge in [-0.15, -0.1) is 11.3 Å². The average molecular weight is 675 g/mol. The second-order valence-corrected chi connectivity index (χ2v) is 13.9. The van der Waals surface area contributed by atoms with E-state index in [0.29, 0.717) is 15.9 Å². The lowest BCUT2D eigenvalue weighted by molar-refractivity contribution is -0.338. The molecule has 246 valence electrons. The first-order valence-electron chi connectivity index (χ1n) is 15.0. The van der Waals surface area contributed by atoms with Gasteiger partial charge in [0.25, 0.3) is 5.56 Å². The van der Waals surface area contributed by atoms with Crippen molar-refractivity contribution in [1.29, 1.82) is 0 Å². The van der Waals surface area contributed by atoms with E-state index < -0.39 is 73.8 Å². The Morgan fingerprint density at radius 2 is 1.65 bits per heavy atom. The molecule has 2 saturated heterocycles. The van der Waals surface area contributed by atoms with Gasteiger partial charge in [0.2, 0.25) is 0 Å². The minimum Gasteiger partial charge on any atom is -0.394 e. The molecule has 2 aromatic carbocycles. The summed E-state index contributed by atoms with van der Waals surface area (Å²) in [6.07, 6.45) is -11.4. The molecule has 10 atom stereocenters. The fraction of sp³-hybridized carbons (Fsp3) is 0.484. The van der Waals surface area contributed by atoms with E-state index in [1.165, 1.54) is 15.9 Å².